The topological polar surface area (TPSA) is 15.3 Å². The van der Waals surface area contributed by atoms with Crippen LogP contribution in [0.15, 0.2) is 0 Å². The van der Waals surface area contributed by atoms with Gasteiger partial charge in [-0.3, -0.25) is 4.90 Å². The number of halogens is 3. The molecule has 0 atom stereocenters. The smallest absolute Gasteiger partial charge is 0.308 e. The third-order valence-electron chi connectivity index (χ3n) is 5.92. The van der Waals surface area contributed by atoms with Crippen LogP contribution in [0.25, 0.3) is 0 Å². The molecule has 0 bridgehead atoms. The molecule has 3 rings (SSSR count). The highest BCUT2D eigenvalue weighted by Crippen LogP contribution is 2.42. The molecule has 0 aromatic heterocycles. The van der Waals surface area contributed by atoms with Crippen LogP contribution >= 0.6 is 0 Å². The Morgan fingerprint density at radius 3 is 2.00 bits per heavy atom. The van der Waals surface area contributed by atoms with E-state index < -0.39 is 12.7 Å². The van der Waals surface area contributed by atoms with Crippen molar-refractivity contribution < 1.29 is 13.2 Å². The summed E-state index contributed by atoms with van der Waals surface area (Å²) in [6, 6.07) is 0. The Kier molecular flexibility index (Phi) is 4.25. The van der Waals surface area contributed by atoms with E-state index in [-0.39, 0.29) is 11.1 Å². The number of piperazine rings is 1. The SMILES string of the molecule is FC(F)(F)CN1CC2(CCCCC2)NCC12CCCCC2. The van der Waals surface area contributed by atoms with Crippen LogP contribution in [0.5, 0.6) is 0 Å². The summed E-state index contributed by atoms with van der Waals surface area (Å²) in [5, 5.41) is 3.70. The van der Waals surface area contributed by atoms with Crippen LogP contribution in [0.1, 0.15) is 64.2 Å². The standard InChI is InChI=1S/C16H27F3N2/c17-16(18,19)13-21-12-14(7-3-1-4-8-14)20-11-15(21)9-5-2-6-10-15/h20H,1-13H2. The molecule has 5 heteroatoms. The lowest BCUT2D eigenvalue weighted by Crippen LogP contribution is -2.71. The van der Waals surface area contributed by atoms with Crippen molar-refractivity contribution in [2.75, 3.05) is 19.6 Å². The number of nitrogens with zero attached hydrogens (tertiary/aromatic N) is 1. The van der Waals surface area contributed by atoms with Gasteiger partial charge < -0.3 is 5.32 Å². The van der Waals surface area contributed by atoms with Crippen LogP contribution in [0, 0.1) is 0 Å². The maximum Gasteiger partial charge on any atom is 0.401 e. The zero-order chi connectivity index (χ0) is 15.0. The number of hydrogen-bond donors (Lipinski definition) is 1. The molecule has 1 heterocycles. The van der Waals surface area contributed by atoms with Crippen molar-refractivity contribution in [3.05, 3.63) is 0 Å². The number of nitrogens with one attached hydrogen (secondary N) is 1. The molecule has 1 N–H and O–H groups in total. The molecule has 1 saturated heterocycles. The number of alkyl halides is 3. The van der Waals surface area contributed by atoms with Crippen molar-refractivity contribution in [2.24, 2.45) is 0 Å². The average Bonchev–Trinajstić information content (AvgIpc) is 2.44. The Balaban J connectivity index is 1.78. The lowest BCUT2D eigenvalue weighted by atomic mass is 9.73. The minimum atomic E-state index is -4.09. The first-order valence-corrected chi connectivity index (χ1v) is 8.50. The third kappa shape index (κ3) is 3.39. The second-order valence-corrected chi connectivity index (χ2v) is 7.45. The van der Waals surface area contributed by atoms with E-state index in [1.54, 1.807) is 0 Å². The minimum absolute atomic E-state index is 0.0494. The maximum absolute atomic E-state index is 13.1. The quantitative estimate of drug-likeness (QED) is 0.791. The van der Waals surface area contributed by atoms with E-state index in [9.17, 15) is 13.2 Å². The van der Waals surface area contributed by atoms with Gasteiger partial charge in [0.2, 0.25) is 0 Å². The molecule has 2 saturated carbocycles. The monoisotopic (exact) mass is 304 g/mol. The summed E-state index contributed by atoms with van der Waals surface area (Å²) in [5.74, 6) is 0. The van der Waals surface area contributed by atoms with Crippen molar-refractivity contribution in [3.63, 3.8) is 0 Å². The fourth-order valence-corrected chi connectivity index (χ4v) is 4.76. The molecular formula is C16H27F3N2. The highest BCUT2D eigenvalue weighted by atomic mass is 19.4. The van der Waals surface area contributed by atoms with Crippen LogP contribution in [-0.4, -0.2) is 41.8 Å². The van der Waals surface area contributed by atoms with Gasteiger partial charge in [0.25, 0.3) is 0 Å². The summed E-state index contributed by atoms with van der Waals surface area (Å²) in [6.45, 7) is 0.617. The lowest BCUT2D eigenvalue weighted by Gasteiger charge is -2.57. The molecule has 2 nitrogen and oxygen atoms in total. The number of rotatable bonds is 1. The van der Waals surface area contributed by atoms with Gasteiger partial charge in [-0.1, -0.05) is 38.5 Å². The first-order valence-electron chi connectivity index (χ1n) is 8.50. The number of hydrogen-bond acceptors (Lipinski definition) is 2. The van der Waals surface area contributed by atoms with Gasteiger partial charge in [0.15, 0.2) is 0 Å². The Labute approximate surface area is 125 Å². The Morgan fingerprint density at radius 2 is 1.43 bits per heavy atom. The minimum Gasteiger partial charge on any atom is -0.308 e. The van der Waals surface area contributed by atoms with Crippen molar-refractivity contribution in [2.45, 2.75) is 81.5 Å². The molecule has 0 aromatic rings. The van der Waals surface area contributed by atoms with Crippen molar-refractivity contribution in [1.29, 1.82) is 0 Å². The molecule has 122 valence electrons. The largest absolute Gasteiger partial charge is 0.401 e. The molecule has 0 amide bonds. The highest BCUT2D eigenvalue weighted by molar-refractivity contribution is 5.07. The van der Waals surface area contributed by atoms with Crippen molar-refractivity contribution in [3.8, 4) is 0 Å². The summed E-state index contributed by atoms with van der Waals surface area (Å²) in [5.41, 5.74) is -0.289. The normalized spacial score (nSPS) is 29.9. The van der Waals surface area contributed by atoms with Crippen LogP contribution in [0.3, 0.4) is 0 Å². The zero-order valence-electron chi connectivity index (χ0n) is 12.8. The predicted octanol–water partition coefficient (Wildman–Crippen LogP) is 3.86. The first-order chi connectivity index (χ1) is 9.93. The Morgan fingerprint density at radius 1 is 0.857 bits per heavy atom. The lowest BCUT2D eigenvalue weighted by molar-refractivity contribution is -0.173. The van der Waals surface area contributed by atoms with Crippen LogP contribution < -0.4 is 5.32 Å². The van der Waals surface area contributed by atoms with E-state index in [2.05, 4.69) is 5.32 Å². The van der Waals surface area contributed by atoms with Crippen LogP contribution in [-0.2, 0) is 0 Å². The third-order valence-corrected chi connectivity index (χ3v) is 5.92. The van der Waals surface area contributed by atoms with Gasteiger partial charge in [-0.25, -0.2) is 0 Å². The van der Waals surface area contributed by atoms with Gasteiger partial charge in [0.1, 0.15) is 0 Å². The fraction of sp³-hybridized carbons (Fsp3) is 1.00. The zero-order valence-corrected chi connectivity index (χ0v) is 12.8. The first kappa shape index (κ1) is 15.6. The summed E-state index contributed by atoms with van der Waals surface area (Å²) < 4.78 is 39.2. The van der Waals surface area contributed by atoms with E-state index >= 15 is 0 Å². The summed E-state index contributed by atoms with van der Waals surface area (Å²) in [4.78, 5) is 1.81. The molecule has 1 aliphatic heterocycles. The second kappa shape index (κ2) is 5.73. The van der Waals surface area contributed by atoms with E-state index in [1.807, 2.05) is 4.90 Å². The van der Waals surface area contributed by atoms with Gasteiger partial charge in [0.05, 0.1) is 6.54 Å². The fourth-order valence-electron chi connectivity index (χ4n) is 4.76. The van der Waals surface area contributed by atoms with Crippen LogP contribution in [0.2, 0.25) is 0 Å². The maximum atomic E-state index is 13.1. The summed E-state index contributed by atoms with van der Waals surface area (Å²) in [6.07, 6.45) is 6.69. The van der Waals surface area contributed by atoms with Gasteiger partial charge in [-0.05, 0) is 25.7 Å². The summed E-state index contributed by atoms with van der Waals surface area (Å²) in [7, 11) is 0. The van der Waals surface area contributed by atoms with Crippen molar-refractivity contribution >= 4 is 0 Å². The van der Waals surface area contributed by atoms with E-state index in [0.29, 0.717) is 6.54 Å². The highest BCUT2D eigenvalue weighted by Gasteiger charge is 2.50. The molecule has 21 heavy (non-hydrogen) atoms. The Hall–Kier alpha value is -0.290. The molecule has 0 radical (unpaired) electrons. The molecule has 2 spiro atoms. The predicted molar refractivity (Wildman–Crippen MR) is 77.3 cm³/mol. The molecular weight excluding hydrogens is 277 g/mol. The van der Waals surface area contributed by atoms with Gasteiger partial charge >= 0.3 is 6.18 Å². The molecule has 3 aliphatic rings. The van der Waals surface area contributed by atoms with E-state index in [1.165, 1.54) is 12.8 Å². The Bertz CT molecular complexity index is 355. The molecule has 0 unspecified atom stereocenters. The molecule has 0 aromatic carbocycles. The van der Waals surface area contributed by atoms with Gasteiger partial charge in [-0.2, -0.15) is 13.2 Å². The van der Waals surface area contributed by atoms with Crippen molar-refractivity contribution in [1.82, 2.24) is 10.2 Å². The molecule has 3 fully saturated rings. The van der Waals surface area contributed by atoms with Gasteiger partial charge in [0, 0.05) is 24.2 Å². The summed E-state index contributed by atoms with van der Waals surface area (Å²) >= 11 is 0. The van der Waals surface area contributed by atoms with E-state index in [4.69, 9.17) is 0 Å². The van der Waals surface area contributed by atoms with Crippen LogP contribution in [0.4, 0.5) is 13.2 Å². The second-order valence-electron chi connectivity index (χ2n) is 7.45. The van der Waals surface area contributed by atoms with Gasteiger partial charge in [-0.15, -0.1) is 0 Å². The average molecular weight is 304 g/mol. The van der Waals surface area contributed by atoms with E-state index in [0.717, 1.165) is 57.9 Å². The molecule has 2 aliphatic carbocycles.